The van der Waals surface area contributed by atoms with E-state index in [-0.39, 0.29) is 22.8 Å². The molecule has 3 rings (SSSR count). The van der Waals surface area contributed by atoms with Gasteiger partial charge in [-0.1, -0.05) is 39.0 Å². The van der Waals surface area contributed by atoms with E-state index in [4.69, 9.17) is 5.11 Å². The molecule has 1 aliphatic carbocycles. The Morgan fingerprint density at radius 1 is 0.917 bits per heavy atom. The fraction of sp³-hybridized carbons (Fsp3) is 0.300. The number of fused-ring (bicyclic) bond motifs is 1. The van der Waals surface area contributed by atoms with Crippen LogP contribution in [0.25, 0.3) is 0 Å². The van der Waals surface area contributed by atoms with Crippen molar-refractivity contribution in [2.45, 2.75) is 38.0 Å². The number of carbonyl (C=O) groups is 2. The first-order valence-electron chi connectivity index (χ1n) is 7.94. The second kappa shape index (κ2) is 5.48. The van der Waals surface area contributed by atoms with Crippen molar-refractivity contribution in [1.29, 1.82) is 0 Å². The highest BCUT2D eigenvalue weighted by molar-refractivity contribution is 5.88. The number of rotatable bonds is 3. The molecule has 0 fully saturated rings. The molecule has 0 saturated carbocycles. The summed E-state index contributed by atoms with van der Waals surface area (Å²) >= 11 is 0. The molecule has 4 nitrogen and oxygen atoms in total. The second-order valence-corrected chi connectivity index (χ2v) is 7.02. The third-order valence-corrected chi connectivity index (χ3v) is 5.28. The SMILES string of the molecule is CC1c2cc(C(=O)O)ccc2C(C)(C)C1c1ccc(C(=O)O)cc1. The zero-order valence-electron chi connectivity index (χ0n) is 13.9. The van der Waals surface area contributed by atoms with Crippen LogP contribution in [-0.2, 0) is 5.41 Å². The Morgan fingerprint density at radius 3 is 2.00 bits per heavy atom. The average molecular weight is 324 g/mol. The highest BCUT2D eigenvalue weighted by atomic mass is 16.4. The zero-order chi connectivity index (χ0) is 17.6. The molecule has 0 radical (unpaired) electrons. The molecule has 0 aromatic heterocycles. The van der Waals surface area contributed by atoms with Gasteiger partial charge in [0.05, 0.1) is 11.1 Å². The van der Waals surface area contributed by atoms with Crippen molar-refractivity contribution in [3.63, 3.8) is 0 Å². The normalized spacial score (nSPS) is 21.3. The maximum absolute atomic E-state index is 11.3. The van der Waals surface area contributed by atoms with Gasteiger partial charge < -0.3 is 10.2 Å². The van der Waals surface area contributed by atoms with Gasteiger partial charge in [-0.25, -0.2) is 9.59 Å². The molecule has 2 aromatic carbocycles. The summed E-state index contributed by atoms with van der Waals surface area (Å²) < 4.78 is 0. The lowest BCUT2D eigenvalue weighted by atomic mass is 9.72. The minimum absolute atomic E-state index is 0.156. The van der Waals surface area contributed by atoms with E-state index >= 15 is 0 Å². The molecule has 0 saturated heterocycles. The number of benzene rings is 2. The highest BCUT2D eigenvalue weighted by Gasteiger charge is 2.45. The van der Waals surface area contributed by atoms with E-state index < -0.39 is 11.9 Å². The quantitative estimate of drug-likeness (QED) is 0.884. The summed E-state index contributed by atoms with van der Waals surface area (Å²) in [7, 11) is 0. The number of carboxylic acid groups (broad SMARTS) is 2. The summed E-state index contributed by atoms with van der Waals surface area (Å²) in [6.45, 7) is 6.42. The van der Waals surface area contributed by atoms with E-state index in [2.05, 4.69) is 20.8 Å². The first kappa shape index (κ1) is 16.2. The van der Waals surface area contributed by atoms with Gasteiger partial charge in [-0.3, -0.25) is 0 Å². The fourth-order valence-corrected chi connectivity index (χ4v) is 4.17. The number of hydrogen-bond acceptors (Lipinski definition) is 2. The van der Waals surface area contributed by atoms with Gasteiger partial charge in [-0.2, -0.15) is 0 Å². The first-order chi connectivity index (χ1) is 11.2. The molecule has 0 aliphatic heterocycles. The molecule has 0 bridgehead atoms. The van der Waals surface area contributed by atoms with Crippen LogP contribution in [0, 0.1) is 0 Å². The fourth-order valence-electron chi connectivity index (χ4n) is 4.17. The molecule has 24 heavy (non-hydrogen) atoms. The van der Waals surface area contributed by atoms with Gasteiger partial charge >= 0.3 is 11.9 Å². The third kappa shape index (κ3) is 2.39. The van der Waals surface area contributed by atoms with Crippen LogP contribution < -0.4 is 0 Å². The van der Waals surface area contributed by atoms with E-state index in [9.17, 15) is 14.7 Å². The zero-order valence-corrected chi connectivity index (χ0v) is 13.9. The Bertz CT molecular complexity index is 818. The van der Waals surface area contributed by atoms with Crippen LogP contribution in [0.1, 0.15) is 70.0 Å². The maximum Gasteiger partial charge on any atom is 0.335 e. The summed E-state index contributed by atoms with van der Waals surface area (Å²) in [6.07, 6.45) is 0. The lowest BCUT2D eigenvalue weighted by Gasteiger charge is -2.31. The Morgan fingerprint density at radius 2 is 1.46 bits per heavy atom. The van der Waals surface area contributed by atoms with Crippen LogP contribution in [0.3, 0.4) is 0 Å². The van der Waals surface area contributed by atoms with Crippen molar-refractivity contribution in [3.05, 3.63) is 70.3 Å². The maximum atomic E-state index is 11.3. The van der Waals surface area contributed by atoms with Gasteiger partial charge in [0.15, 0.2) is 0 Å². The van der Waals surface area contributed by atoms with E-state index in [1.54, 1.807) is 24.3 Å². The van der Waals surface area contributed by atoms with Crippen LogP contribution in [0.2, 0.25) is 0 Å². The molecule has 2 unspecified atom stereocenters. The van der Waals surface area contributed by atoms with E-state index in [1.165, 1.54) is 0 Å². The van der Waals surface area contributed by atoms with Crippen LogP contribution in [-0.4, -0.2) is 22.2 Å². The molecule has 2 atom stereocenters. The van der Waals surface area contributed by atoms with Gasteiger partial charge in [0.1, 0.15) is 0 Å². The highest BCUT2D eigenvalue weighted by Crippen LogP contribution is 2.55. The number of carboxylic acids is 2. The third-order valence-electron chi connectivity index (χ3n) is 5.28. The van der Waals surface area contributed by atoms with Gasteiger partial charge in [-0.05, 0) is 58.2 Å². The van der Waals surface area contributed by atoms with Crippen molar-refractivity contribution in [1.82, 2.24) is 0 Å². The molecule has 0 heterocycles. The molecule has 1 aliphatic rings. The smallest absolute Gasteiger partial charge is 0.335 e. The van der Waals surface area contributed by atoms with Crippen molar-refractivity contribution in [2.75, 3.05) is 0 Å². The van der Waals surface area contributed by atoms with Crippen molar-refractivity contribution < 1.29 is 19.8 Å². The summed E-state index contributed by atoms with van der Waals surface area (Å²) in [6, 6.07) is 12.4. The molecule has 0 amide bonds. The molecular formula is C20H20O4. The number of aromatic carboxylic acids is 2. The molecule has 2 N–H and O–H groups in total. The van der Waals surface area contributed by atoms with Crippen molar-refractivity contribution >= 4 is 11.9 Å². The Balaban J connectivity index is 2.07. The van der Waals surface area contributed by atoms with Gasteiger partial charge in [0, 0.05) is 0 Å². The molecule has 124 valence electrons. The van der Waals surface area contributed by atoms with Crippen LogP contribution in [0.15, 0.2) is 42.5 Å². The van der Waals surface area contributed by atoms with E-state index in [0.717, 1.165) is 16.7 Å². The van der Waals surface area contributed by atoms with Gasteiger partial charge in [0.25, 0.3) is 0 Å². The van der Waals surface area contributed by atoms with E-state index in [0.29, 0.717) is 5.56 Å². The Labute approximate surface area is 140 Å². The standard InChI is InChI=1S/C20H20O4/c1-11-15-10-14(19(23)24)8-9-16(15)20(2,3)17(11)12-4-6-13(7-5-12)18(21)22/h4-11,17H,1-3H3,(H,21,22)(H,23,24). The van der Waals surface area contributed by atoms with Crippen LogP contribution in [0.4, 0.5) is 0 Å². The van der Waals surface area contributed by atoms with Gasteiger partial charge in [-0.15, -0.1) is 0 Å². The molecule has 0 spiro atoms. The largest absolute Gasteiger partial charge is 0.478 e. The average Bonchev–Trinajstić information content (AvgIpc) is 2.73. The summed E-state index contributed by atoms with van der Waals surface area (Å²) in [4.78, 5) is 22.3. The minimum Gasteiger partial charge on any atom is -0.478 e. The molecular weight excluding hydrogens is 304 g/mol. The monoisotopic (exact) mass is 324 g/mol. The van der Waals surface area contributed by atoms with Gasteiger partial charge in [0.2, 0.25) is 0 Å². The first-order valence-corrected chi connectivity index (χ1v) is 7.94. The Hall–Kier alpha value is -2.62. The topological polar surface area (TPSA) is 74.6 Å². The minimum atomic E-state index is -0.935. The van der Waals surface area contributed by atoms with Crippen molar-refractivity contribution in [3.8, 4) is 0 Å². The molecule has 4 heteroatoms. The van der Waals surface area contributed by atoms with Crippen molar-refractivity contribution in [2.24, 2.45) is 0 Å². The van der Waals surface area contributed by atoms with E-state index in [1.807, 2.05) is 18.2 Å². The second-order valence-electron chi connectivity index (χ2n) is 7.02. The predicted molar refractivity (Wildman–Crippen MR) is 91.0 cm³/mol. The number of hydrogen-bond donors (Lipinski definition) is 2. The Kier molecular flexibility index (Phi) is 3.71. The summed E-state index contributed by atoms with van der Waals surface area (Å²) in [5.41, 5.74) is 3.72. The van der Waals surface area contributed by atoms with Crippen LogP contribution >= 0.6 is 0 Å². The lowest BCUT2D eigenvalue weighted by Crippen LogP contribution is -2.23. The molecule has 2 aromatic rings. The lowest BCUT2D eigenvalue weighted by molar-refractivity contribution is 0.0686. The predicted octanol–water partition coefficient (Wildman–Crippen LogP) is 4.26. The van der Waals surface area contributed by atoms with Crippen LogP contribution in [0.5, 0.6) is 0 Å². The summed E-state index contributed by atoms with van der Waals surface area (Å²) in [5.74, 6) is -1.53. The summed E-state index contributed by atoms with van der Waals surface area (Å²) in [5, 5.41) is 18.3.